The largest absolute Gasteiger partial charge is 0.367 e. The molecule has 0 aromatic carbocycles. The normalized spacial score (nSPS) is 17.2. The lowest BCUT2D eigenvalue weighted by Gasteiger charge is -2.31. The summed E-state index contributed by atoms with van der Waals surface area (Å²) < 4.78 is 4.99. The molecule has 3 heterocycles. The lowest BCUT2D eigenvalue weighted by molar-refractivity contribution is 0.204. The minimum Gasteiger partial charge on any atom is -0.367 e. The molecule has 0 saturated carbocycles. The van der Waals surface area contributed by atoms with Crippen molar-refractivity contribution in [1.29, 1.82) is 0 Å². The van der Waals surface area contributed by atoms with Crippen LogP contribution in [-0.2, 0) is 6.54 Å². The maximum Gasteiger partial charge on any atom is 0.223 e. The Morgan fingerprint density at radius 1 is 1.40 bits per heavy atom. The molecule has 1 N–H and O–H groups in total. The molecule has 0 bridgehead atoms. The van der Waals surface area contributed by atoms with Gasteiger partial charge in [-0.3, -0.25) is 4.90 Å². The fraction of sp³-hybridized carbons (Fsp3) is 0.538. The Hall–Kier alpha value is -2.02. The summed E-state index contributed by atoms with van der Waals surface area (Å²) in [7, 11) is 0. The van der Waals surface area contributed by atoms with Crippen molar-refractivity contribution in [2.45, 2.75) is 32.4 Å². The Labute approximate surface area is 117 Å². The van der Waals surface area contributed by atoms with Gasteiger partial charge in [-0.15, -0.1) is 0 Å². The van der Waals surface area contributed by atoms with Crippen molar-refractivity contribution in [2.75, 3.05) is 18.4 Å². The first kappa shape index (κ1) is 13.0. The molecule has 3 rings (SSSR count). The fourth-order valence-corrected chi connectivity index (χ4v) is 2.43. The number of piperidine rings is 1. The van der Waals surface area contributed by atoms with Gasteiger partial charge in [0, 0.05) is 32.3 Å². The Morgan fingerprint density at radius 2 is 2.25 bits per heavy atom. The van der Waals surface area contributed by atoms with Gasteiger partial charge in [0.1, 0.15) is 12.1 Å². The van der Waals surface area contributed by atoms with E-state index in [-0.39, 0.29) is 0 Å². The first-order valence-corrected chi connectivity index (χ1v) is 6.84. The van der Waals surface area contributed by atoms with Gasteiger partial charge in [0.25, 0.3) is 0 Å². The third kappa shape index (κ3) is 3.30. The van der Waals surface area contributed by atoms with Gasteiger partial charge >= 0.3 is 0 Å². The maximum atomic E-state index is 4.99. The number of likely N-dealkylation sites (tertiary alicyclic amines) is 1. The molecule has 1 aliphatic heterocycles. The molecular formula is C13H18N6O. The van der Waals surface area contributed by atoms with E-state index in [0.717, 1.165) is 44.1 Å². The molecule has 0 atom stereocenters. The Balaban J connectivity index is 1.47. The maximum absolute atomic E-state index is 4.99. The average molecular weight is 274 g/mol. The summed E-state index contributed by atoms with van der Waals surface area (Å²) in [5.74, 6) is 2.29. The average Bonchev–Trinajstić information content (AvgIpc) is 2.88. The van der Waals surface area contributed by atoms with Gasteiger partial charge in [-0.1, -0.05) is 5.16 Å². The third-order valence-corrected chi connectivity index (χ3v) is 3.46. The predicted molar refractivity (Wildman–Crippen MR) is 73.0 cm³/mol. The predicted octanol–water partition coefficient (Wildman–Crippen LogP) is 1.24. The lowest BCUT2D eigenvalue weighted by atomic mass is 10.1. The minimum atomic E-state index is 0.466. The highest BCUT2D eigenvalue weighted by atomic mass is 16.5. The van der Waals surface area contributed by atoms with Crippen molar-refractivity contribution in [3.05, 3.63) is 30.3 Å². The summed E-state index contributed by atoms with van der Waals surface area (Å²) in [6.45, 7) is 4.62. The van der Waals surface area contributed by atoms with E-state index in [1.165, 1.54) is 0 Å². The van der Waals surface area contributed by atoms with Gasteiger partial charge in [0.2, 0.25) is 5.89 Å². The standard InChI is InChI=1S/C13H18N6O/c1-10-16-13(18-20-10)8-19-6-3-11(4-7-19)17-12-2-5-14-9-15-12/h2,5,9,11H,3-4,6-8H2,1H3,(H,14,15,17). The number of hydrogen-bond acceptors (Lipinski definition) is 7. The number of aromatic nitrogens is 4. The molecule has 2 aromatic rings. The summed E-state index contributed by atoms with van der Waals surface area (Å²) in [6.07, 6.45) is 5.49. The van der Waals surface area contributed by atoms with Crippen LogP contribution in [0.15, 0.2) is 23.1 Å². The summed E-state index contributed by atoms with van der Waals surface area (Å²) in [4.78, 5) is 14.7. The van der Waals surface area contributed by atoms with E-state index < -0.39 is 0 Å². The van der Waals surface area contributed by atoms with E-state index in [1.807, 2.05) is 13.0 Å². The van der Waals surface area contributed by atoms with Gasteiger partial charge in [-0.25, -0.2) is 9.97 Å². The van der Waals surface area contributed by atoms with E-state index in [4.69, 9.17) is 4.52 Å². The number of aryl methyl sites for hydroxylation is 1. The highest BCUT2D eigenvalue weighted by Crippen LogP contribution is 2.16. The second-order valence-corrected chi connectivity index (χ2v) is 5.02. The monoisotopic (exact) mass is 274 g/mol. The van der Waals surface area contributed by atoms with Crippen molar-refractivity contribution in [3.63, 3.8) is 0 Å². The molecule has 1 aliphatic rings. The van der Waals surface area contributed by atoms with Gasteiger partial charge in [-0.2, -0.15) is 4.98 Å². The van der Waals surface area contributed by atoms with Crippen LogP contribution in [0, 0.1) is 6.92 Å². The van der Waals surface area contributed by atoms with Crippen LogP contribution in [0.25, 0.3) is 0 Å². The number of nitrogens with zero attached hydrogens (tertiary/aromatic N) is 5. The van der Waals surface area contributed by atoms with E-state index >= 15 is 0 Å². The van der Waals surface area contributed by atoms with Crippen molar-refractivity contribution < 1.29 is 4.52 Å². The molecule has 20 heavy (non-hydrogen) atoms. The van der Waals surface area contributed by atoms with Crippen LogP contribution in [0.2, 0.25) is 0 Å². The zero-order chi connectivity index (χ0) is 13.8. The molecule has 2 aromatic heterocycles. The molecule has 7 heteroatoms. The van der Waals surface area contributed by atoms with Gasteiger partial charge in [0.05, 0.1) is 6.54 Å². The Kier molecular flexibility index (Phi) is 3.87. The van der Waals surface area contributed by atoms with Crippen molar-refractivity contribution in [2.24, 2.45) is 0 Å². The minimum absolute atomic E-state index is 0.466. The molecule has 0 radical (unpaired) electrons. The van der Waals surface area contributed by atoms with E-state index in [9.17, 15) is 0 Å². The number of nitrogens with one attached hydrogen (secondary N) is 1. The first-order chi connectivity index (χ1) is 9.79. The second-order valence-electron chi connectivity index (χ2n) is 5.02. The summed E-state index contributed by atoms with van der Waals surface area (Å²) in [6, 6.07) is 2.36. The first-order valence-electron chi connectivity index (χ1n) is 6.84. The molecule has 0 unspecified atom stereocenters. The van der Waals surface area contributed by atoms with E-state index in [1.54, 1.807) is 12.5 Å². The summed E-state index contributed by atoms with van der Waals surface area (Å²) >= 11 is 0. The Morgan fingerprint density at radius 3 is 2.90 bits per heavy atom. The van der Waals surface area contributed by atoms with Crippen LogP contribution in [-0.4, -0.2) is 44.1 Å². The van der Waals surface area contributed by atoms with Crippen LogP contribution < -0.4 is 5.32 Å². The van der Waals surface area contributed by atoms with Crippen molar-refractivity contribution >= 4 is 5.82 Å². The van der Waals surface area contributed by atoms with Gasteiger partial charge in [-0.05, 0) is 18.9 Å². The highest BCUT2D eigenvalue weighted by molar-refractivity contribution is 5.33. The Bertz CT molecular complexity index is 535. The number of hydrogen-bond donors (Lipinski definition) is 1. The van der Waals surface area contributed by atoms with Gasteiger partial charge < -0.3 is 9.84 Å². The van der Waals surface area contributed by atoms with E-state index in [0.29, 0.717) is 11.9 Å². The molecule has 7 nitrogen and oxygen atoms in total. The fourth-order valence-electron chi connectivity index (χ4n) is 2.43. The molecular weight excluding hydrogens is 256 g/mol. The smallest absolute Gasteiger partial charge is 0.223 e. The number of anilines is 1. The topological polar surface area (TPSA) is 80.0 Å². The molecule has 106 valence electrons. The van der Waals surface area contributed by atoms with Crippen molar-refractivity contribution in [3.8, 4) is 0 Å². The van der Waals surface area contributed by atoms with Crippen LogP contribution >= 0.6 is 0 Å². The number of rotatable bonds is 4. The van der Waals surface area contributed by atoms with Gasteiger partial charge in [0.15, 0.2) is 5.82 Å². The lowest BCUT2D eigenvalue weighted by Crippen LogP contribution is -2.39. The summed E-state index contributed by atoms with van der Waals surface area (Å²) in [5.41, 5.74) is 0. The third-order valence-electron chi connectivity index (χ3n) is 3.46. The van der Waals surface area contributed by atoms with Crippen LogP contribution in [0.1, 0.15) is 24.6 Å². The SMILES string of the molecule is Cc1nc(CN2CCC(Nc3ccncn3)CC2)no1. The second kappa shape index (κ2) is 5.96. The quantitative estimate of drug-likeness (QED) is 0.898. The molecule has 0 amide bonds. The van der Waals surface area contributed by atoms with Crippen LogP contribution in [0.4, 0.5) is 5.82 Å². The zero-order valence-corrected chi connectivity index (χ0v) is 11.5. The molecule has 1 saturated heterocycles. The molecule has 1 fully saturated rings. The van der Waals surface area contributed by atoms with E-state index in [2.05, 4.69) is 30.3 Å². The van der Waals surface area contributed by atoms with Crippen LogP contribution in [0.3, 0.4) is 0 Å². The van der Waals surface area contributed by atoms with Crippen molar-refractivity contribution in [1.82, 2.24) is 25.0 Å². The zero-order valence-electron chi connectivity index (χ0n) is 11.5. The molecule has 0 aliphatic carbocycles. The summed E-state index contributed by atoms with van der Waals surface area (Å²) in [5, 5.41) is 7.38. The highest BCUT2D eigenvalue weighted by Gasteiger charge is 2.20. The molecule has 0 spiro atoms. The van der Waals surface area contributed by atoms with Crippen LogP contribution in [0.5, 0.6) is 0 Å².